The minimum absolute atomic E-state index is 0.0530. The van der Waals surface area contributed by atoms with Gasteiger partial charge in [-0.25, -0.2) is 4.79 Å². The van der Waals surface area contributed by atoms with Gasteiger partial charge in [-0.2, -0.15) is 13.2 Å². The molecule has 0 aliphatic rings. The second kappa shape index (κ2) is 8.31. The van der Waals surface area contributed by atoms with E-state index < -0.39 is 44.8 Å². The first kappa shape index (κ1) is 21.9. The van der Waals surface area contributed by atoms with E-state index in [9.17, 15) is 38.2 Å². The molecule has 0 atom stereocenters. The van der Waals surface area contributed by atoms with Gasteiger partial charge in [-0.15, -0.1) is 0 Å². The minimum atomic E-state index is -5.26. The molecular formula is C16H11ClF3N3O6. The number of alkyl halides is 3. The largest absolute Gasteiger partial charge is 0.420 e. The molecular weight excluding hydrogens is 423 g/mol. The first-order valence-electron chi connectivity index (χ1n) is 7.74. The lowest BCUT2D eigenvalue weighted by molar-refractivity contribution is -0.395. The van der Waals surface area contributed by atoms with Crippen molar-refractivity contribution in [2.24, 2.45) is 0 Å². The lowest BCUT2D eigenvalue weighted by Crippen LogP contribution is -2.34. The van der Waals surface area contributed by atoms with Crippen LogP contribution in [-0.2, 0) is 6.18 Å². The molecule has 1 amide bonds. The van der Waals surface area contributed by atoms with Crippen LogP contribution in [0.25, 0.3) is 0 Å². The highest BCUT2D eigenvalue weighted by atomic mass is 35.5. The number of ether oxygens (including phenoxy) is 1. The van der Waals surface area contributed by atoms with Crippen molar-refractivity contribution in [2.75, 3.05) is 11.4 Å². The number of nitro benzene ring substituents is 2. The lowest BCUT2D eigenvalue weighted by atomic mass is 10.1. The number of amides is 1. The van der Waals surface area contributed by atoms with E-state index in [-0.39, 0.29) is 24.4 Å². The van der Waals surface area contributed by atoms with Crippen LogP contribution in [0.15, 0.2) is 36.4 Å². The van der Waals surface area contributed by atoms with Crippen LogP contribution < -0.4 is 9.64 Å². The number of carbonyl (C=O) groups is 1. The number of anilines is 1. The van der Waals surface area contributed by atoms with Gasteiger partial charge in [-0.1, -0.05) is 11.6 Å². The Balaban J connectivity index is 2.57. The molecule has 0 saturated heterocycles. The summed E-state index contributed by atoms with van der Waals surface area (Å²) in [6, 6.07) is 5.97. The molecule has 0 saturated carbocycles. The fourth-order valence-electron chi connectivity index (χ4n) is 2.34. The number of hydrogen-bond donors (Lipinski definition) is 0. The van der Waals surface area contributed by atoms with Crippen molar-refractivity contribution in [2.45, 2.75) is 13.1 Å². The zero-order chi connectivity index (χ0) is 21.9. The summed E-state index contributed by atoms with van der Waals surface area (Å²) in [5.74, 6) is -1.44. The second-order valence-corrected chi connectivity index (χ2v) is 5.88. The number of carbonyl (C=O) groups excluding carboxylic acids is 1. The highest BCUT2D eigenvalue weighted by molar-refractivity contribution is 6.30. The second-order valence-electron chi connectivity index (χ2n) is 5.44. The first-order valence-corrected chi connectivity index (χ1v) is 8.12. The minimum Gasteiger partial charge on any atom is -0.402 e. The molecule has 0 heterocycles. The highest BCUT2D eigenvalue weighted by Gasteiger charge is 2.42. The van der Waals surface area contributed by atoms with E-state index in [1.807, 2.05) is 0 Å². The summed E-state index contributed by atoms with van der Waals surface area (Å²) in [5.41, 5.74) is -4.15. The topological polar surface area (TPSA) is 116 Å². The predicted molar refractivity (Wildman–Crippen MR) is 95.2 cm³/mol. The van der Waals surface area contributed by atoms with Crippen molar-refractivity contribution in [1.29, 1.82) is 0 Å². The van der Waals surface area contributed by atoms with E-state index in [1.165, 1.54) is 31.2 Å². The fourth-order valence-corrected chi connectivity index (χ4v) is 2.46. The molecule has 0 unspecified atom stereocenters. The van der Waals surface area contributed by atoms with Crippen LogP contribution in [0, 0.1) is 20.2 Å². The van der Waals surface area contributed by atoms with Crippen LogP contribution in [0.5, 0.6) is 5.75 Å². The van der Waals surface area contributed by atoms with Crippen molar-refractivity contribution in [3.05, 3.63) is 67.2 Å². The van der Waals surface area contributed by atoms with Crippen LogP contribution in [0.3, 0.4) is 0 Å². The summed E-state index contributed by atoms with van der Waals surface area (Å²) >= 11 is 5.75. The molecule has 0 aliphatic carbocycles. The summed E-state index contributed by atoms with van der Waals surface area (Å²) < 4.78 is 44.8. The Hall–Kier alpha value is -3.41. The lowest BCUT2D eigenvalue weighted by Gasteiger charge is -2.21. The average molecular weight is 434 g/mol. The van der Waals surface area contributed by atoms with Crippen LogP contribution >= 0.6 is 11.6 Å². The average Bonchev–Trinajstić information content (AvgIpc) is 2.62. The third kappa shape index (κ3) is 4.90. The number of nitrogens with zero attached hydrogens (tertiary/aromatic N) is 3. The summed E-state index contributed by atoms with van der Waals surface area (Å²) in [7, 11) is 0. The Bertz CT molecular complexity index is 966. The molecule has 0 bridgehead atoms. The SMILES string of the molecule is CCN(C(=O)Oc1c([N+](=O)[O-])cc([N+](=O)[O-])cc1C(F)(F)F)c1ccc(Cl)cc1. The van der Waals surface area contributed by atoms with Crippen LogP contribution in [0.2, 0.25) is 5.02 Å². The third-order valence-corrected chi connectivity index (χ3v) is 3.88. The molecule has 0 N–H and O–H groups in total. The van der Waals surface area contributed by atoms with Gasteiger partial charge in [-0.3, -0.25) is 25.1 Å². The monoisotopic (exact) mass is 433 g/mol. The molecule has 13 heteroatoms. The number of hydrogen-bond acceptors (Lipinski definition) is 6. The van der Waals surface area contributed by atoms with E-state index in [1.54, 1.807) is 0 Å². The van der Waals surface area contributed by atoms with Gasteiger partial charge in [0, 0.05) is 23.3 Å². The maximum absolute atomic E-state index is 13.4. The number of rotatable bonds is 5. The van der Waals surface area contributed by atoms with Crippen molar-refractivity contribution >= 4 is 34.8 Å². The molecule has 0 aliphatic heterocycles. The molecule has 154 valence electrons. The van der Waals surface area contributed by atoms with Gasteiger partial charge in [0.15, 0.2) is 0 Å². The van der Waals surface area contributed by atoms with Gasteiger partial charge < -0.3 is 4.74 Å². The molecule has 9 nitrogen and oxygen atoms in total. The van der Waals surface area contributed by atoms with Crippen molar-refractivity contribution in [3.8, 4) is 5.75 Å². The quantitative estimate of drug-likeness (QED) is 0.472. The van der Waals surface area contributed by atoms with Crippen molar-refractivity contribution in [3.63, 3.8) is 0 Å². The molecule has 2 aromatic carbocycles. The number of halogens is 4. The number of nitro groups is 2. The van der Waals surface area contributed by atoms with E-state index in [4.69, 9.17) is 16.3 Å². The summed E-state index contributed by atoms with van der Waals surface area (Å²) in [6.07, 6.45) is -6.61. The number of non-ortho nitro benzene ring substituents is 1. The Morgan fingerprint density at radius 3 is 2.17 bits per heavy atom. The molecule has 29 heavy (non-hydrogen) atoms. The normalized spacial score (nSPS) is 11.1. The van der Waals surface area contributed by atoms with Crippen molar-refractivity contribution in [1.82, 2.24) is 0 Å². The first-order chi connectivity index (χ1) is 13.5. The number of benzene rings is 2. The molecule has 0 radical (unpaired) electrons. The Morgan fingerprint density at radius 1 is 1.14 bits per heavy atom. The zero-order valence-corrected chi connectivity index (χ0v) is 15.2. The Labute approximate surface area is 165 Å². The summed E-state index contributed by atoms with van der Waals surface area (Å²) in [6.45, 7) is 1.44. The Kier molecular flexibility index (Phi) is 6.27. The standard InChI is InChI=1S/C16H11ClF3N3O6/c1-2-21(10-5-3-9(17)4-6-10)15(24)29-14-12(16(18,19)20)7-11(22(25)26)8-13(14)23(27)28/h3-8H,2H2,1H3. The van der Waals surface area contributed by atoms with Crippen LogP contribution in [-0.4, -0.2) is 22.5 Å². The van der Waals surface area contributed by atoms with Gasteiger partial charge in [0.25, 0.3) is 5.69 Å². The molecule has 2 aromatic rings. The molecule has 0 aromatic heterocycles. The highest BCUT2D eigenvalue weighted by Crippen LogP contribution is 2.44. The van der Waals surface area contributed by atoms with Crippen LogP contribution in [0.1, 0.15) is 12.5 Å². The zero-order valence-electron chi connectivity index (χ0n) is 14.5. The van der Waals surface area contributed by atoms with Crippen molar-refractivity contribution < 1.29 is 32.5 Å². The van der Waals surface area contributed by atoms with Gasteiger partial charge in [0.2, 0.25) is 5.75 Å². The van der Waals surface area contributed by atoms with Gasteiger partial charge in [-0.05, 0) is 31.2 Å². The van der Waals surface area contributed by atoms with E-state index >= 15 is 0 Å². The van der Waals surface area contributed by atoms with E-state index in [0.29, 0.717) is 5.02 Å². The van der Waals surface area contributed by atoms with Gasteiger partial charge >= 0.3 is 18.0 Å². The predicted octanol–water partition coefficient (Wildman–Crippen LogP) is 5.20. The smallest absolute Gasteiger partial charge is 0.402 e. The maximum atomic E-state index is 13.4. The molecule has 0 spiro atoms. The summed E-state index contributed by atoms with van der Waals surface area (Å²) in [5, 5.41) is 22.4. The van der Waals surface area contributed by atoms with Gasteiger partial charge in [0.05, 0.1) is 15.9 Å². The van der Waals surface area contributed by atoms with E-state index in [0.717, 1.165) is 4.90 Å². The fraction of sp³-hybridized carbons (Fsp3) is 0.188. The molecule has 2 rings (SSSR count). The Morgan fingerprint density at radius 2 is 1.72 bits per heavy atom. The third-order valence-electron chi connectivity index (χ3n) is 3.63. The molecule has 0 fully saturated rings. The van der Waals surface area contributed by atoms with Crippen LogP contribution in [0.4, 0.5) is 35.0 Å². The maximum Gasteiger partial charge on any atom is 0.420 e. The summed E-state index contributed by atoms with van der Waals surface area (Å²) in [4.78, 5) is 32.9. The van der Waals surface area contributed by atoms with E-state index in [2.05, 4.69) is 0 Å². The van der Waals surface area contributed by atoms with Gasteiger partial charge in [0.1, 0.15) is 5.56 Å².